The Bertz CT molecular complexity index is 1040. The zero-order chi connectivity index (χ0) is 21.5. The molecule has 0 atom stereocenters. The second-order valence-electron chi connectivity index (χ2n) is 6.69. The highest BCUT2D eigenvalue weighted by Gasteiger charge is 2.14. The number of thioether (sulfide) groups is 1. The van der Waals surface area contributed by atoms with Gasteiger partial charge in [0.1, 0.15) is 5.82 Å². The Balaban J connectivity index is 1.47. The van der Waals surface area contributed by atoms with Crippen LogP contribution in [-0.2, 0) is 16.1 Å². The van der Waals surface area contributed by atoms with Gasteiger partial charge in [-0.2, -0.15) is 5.10 Å². The van der Waals surface area contributed by atoms with Crippen LogP contribution in [0.25, 0.3) is 5.69 Å². The molecule has 0 aliphatic rings. The summed E-state index contributed by atoms with van der Waals surface area (Å²) >= 11 is 1.17. The minimum atomic E-state index is -0.490. The van der Waals surface area contributed by atoms with Crippen molar-refractivity contribution in [3.05, 3.63) is 77.4 Å². The van der Waals surface area contributed by atoms with Crippen molar-refractivity contribution < 1.29 is 14.0 Å². The number of amides is 2. The molecule has 0 unspecified atom stereocenters. The summed E-state index contributed by atoms with van der Waals surface area (Å²) in [7, 11) is 0. The number of hydrogen-bond acceptors (Lipinski definition) is 4. The molecule has 1 heterocycles. The molecule has 0 radical (unpaired) electrons. The second kappa shape index (κ2) is 10.1. The zero-order valence-corrected chi connectivity index (χ0v) is 17.6. The summed E-state index contributed by atoms with van der Waals surface area (Å²) < 4.78 is 15.4. The van der Waals surface area contributed by atoms with Gasteiger partial charge in [-0.1, -0.05) is 30.3 Å². The van der Waals surface area contributed by atoms with Crippen molar-refractivity contribution in [3.8, 4) is 5.69 Å². The summed E-state index contributed by atoms with van der Waals surface area (Å²) in [6.07, 6.45) is 0. The monoisotopic (exact) mass is 426 g/mol. The first kappa shape index (κ1) is 21.6. The van der Waals surface area contributed by atoms with E-state index in [1.165, 1.54) is 23.9 Å². The van der Waals surface area contributed by atoms with E-state index >= 15 is 0 Å². The number of aryl methyl sites for hydroxylation is 1. The predicted molar refractivity (Wildman–Crippen MR) is 117 cm³/mol. The van der Waals surface area contributed by atoms with Crippen molar-refractivity contribution >= 4 is 29.3 Å². The molecular formula is C22H23FN4O2S. The molecule has 30 heavy (non-hydrogen) atoms. The molecule has 0 aliphatic carbocycles. The van der Waals surface area contributed by atoms with Gasteiger partial charge in [0, 0.05) is 17.8 Å². The first-order valence-corrected chi connectivity index (χ1v) is 10.6. The molecule has 156 valence electrons. The van der Waals surface area contributed by atoms with E-state index < -0.39 is 5.82 Å². The third-order valence-corrected chi connectivity index (χ3v) is 5.45. The maximum Gasteiger partial charge on any atom is 0.234 e. The SMILES string of the molecule is Cc1nn(-c2ccccc2)c(C)c1CNC(=O)CSCC(=O)Nc1ccccc1F. The second-order valence-corrected chi connectivity index (χ2v) is 7.68. The van der Waals surface area contributed by atoms with Crippen molar-refractivity contribution in [2.45, 2.75) is 20.4 Å². The Labute approximate surface area is 178 Å². The first-order chi connectivity index (χ1) is 14.5. The Kier molecular flexibility index (Phi) is 7.24. The molecule has 8 heteroatoms. The molecule has 2 amide bonds. The van der Waals surface area contributed by atoms with Crippen LogP contribution in [0.3, 0.4) is 0 Å². The largest absolute Gasteiger partial charge is 0.351 e. The summed E-state index contributed by atoms with van der Waals surface area (Å²) in [5.41, 5.74) is 3.89. The Morgan fingerprint density at radius 2 is 1.67 bits per heavy atom. The minimum absolute atomic E-state index is 0.0613. The predicted octanol–water partition coefficient (Wildman–Crippen LogP) is 3.62. The van der Waals surface area contributed by atoms with Crippen LogP contribution < -0.4 is 10.6 Å². The summed E-state index contributed by atoms with van der Waals surface area (Å²) in [5, 5.41) is 9.94. The molecule has 2 N–H and O–H groups in total. The molecule has 0 aliphatic heterocycles. The average Bonchev–Trinajstić information content (AvgIpc) is 3.02. The number of carbonyl (C=O) groups excluding carboxylic acids is 2. The third kappa shape index (κ3) is 5.48. The zero-order valence-electron chi connectivity index (χ0n) is 16.8. The van der Waals surface area contributed by atoms with Gasteiger partial charge in [-0.3, -0.25) is 9.59 Å². The van der Waals surface area contributed by atoms with Gasteiger partial charge < -0.3 is 10.6 Å². The first-order valence-electron chi connectivity index (χ1n) is 9.45. The highest BCUT2D eigenvalue weighted by Crippen LogP contribution is 2.18. The van der Waals surface area contributed by atoms with Crippen LogP contribution in [0, 0.1) is 19.7 Å². The fraction of sp³-hybridized carbons (Fsp3) is 0.227. The molecule has 0 spiro atoms. The van der Waals surface area contributed by atoms with E-state index in [4.69, 9.17) is 0 Å². The Morgan fingerprint density at radius 3 is 2.40 bits per heavy atom. The smallest absolute Gasteiger partial charge is 0.234 e. The summed E-state index contributed by atoms with van der Waals surface area (Å²) in [6.45, 7) is 4.25. The summed E-state index contributed by atoms with van der Waals surface area (Å²) in [4.78, 5) is 24.1. The number of anilines is 1. The van der Waals surface area contributed by atoms with Crippen molar-refractivity contribution in [2.24, 2.45) is 0 Å². The van der Waals surface area contributed by atoms with Crippen LogP contribution >= 0.6 is 11.8 Å². The van der Waals surface area contributed by atoms with Crippen LogP contribution in [-0.4, -0.2) is 33.1 Å². The maximum absolute atomic E-state index is 13.5. The summed E-state index contributed by atoms with van der Waals surface area (Å²) in [5.74, 6) is -0.824. The highest BCUT2D eigenvalue weighted by molar-refractivity contribution is 8.00. The van der Waals surface area contributed by atoms with Crippen molar-refractivity contribution in [1.82, 2.24) is 15.1 Å². The molecule has 2 aromatic carbocycles. The van der Waals surface area contributed by atoms with E-state index in [1.54, 1.807) is 12.1 Å². The quantitative estimate of drug-likeness (QED) is 0.577. The van der Waals surface area contributed by atoms with Crippen molar-refractivity contribution in [3.63, 3.8) is 0 Å². The van der Waals surface area contributed by atoms with Crippen molar-refractivity contribution in [2.75, 3.05) is 16.8 Å². The number of nitrogens with one attached hydrogen (secondary N) is 2. The van der Waals surface area contributed by atoms with E-state index in [-0.39, 0.29) is 29.0 Å². The van der Waals surface area contributed by atoms with Gasteiger partial charge in [-0.05, 0) is 38.1 Å². The summed E-state index contributed by atoms with van der Waals surface area (Å²) in [6, 6.07) is 15.8. The number of rotatable bonds is 8. The lowest BCUT2D eigenvalue weighted by Gasteiger charge is -2.08. The fourth-order valence-corrected chi connectivity index (χ4v) is 3.62. The van der Waals surface area contributed by atoms with Gasteiger partial charge in [0.25, 0.3) is 0 Å². The van der Waals surface area contributed by atoms with Gasteiger partial charge in [-0.25, -0.2) is 9.07 Å². The van der Waals surface area contributed by atoms with E-state index in [0.29, 0.717) is 6.54 Å². The lowest BCUT2D eigenvalue weighted by atomic mass is 10.2. The number of benzene rings is 2. The van der Waals surface area contributed by atoms with Crippen molar-refractivity contribution in [1.29, 1.82) is 0 Å². The lowest BCUT2D eigenvalue weighted by Crippen LogP contribution is -2.26. The van der Waals surface area contributed by atoms with Gasteiger partial charge in [0.2, 0.25) is 11.8 Å². The number of halogens is 1. The van der Waals surface area contributed by atoms with Crippen LogP contribution in [0.15, 0.2) is 54.6 Å². The highest BCUT2D eigenvalue weighted by atomic mass is 32.2. The maximum atomic E-state index is 13.5. The number of nitrogens with zero attached hydrogens (tertiary/aromatic N) is 2. The van der Waals surface area contributed by atoms with E-state index in [9.17, 15) is 14.0 Å². The molecule has 0 bridgehead atoms. The Morgan fingerprint density at radius 1 is 1.00 bits per heavy atom. The van der Waals surface area contributed by atoms with Crippen LogP contribution in [0.2, 0.25) is 0 Å². The van der Waals surface area contributed by atoms with E-state index in [2.05, 4.69) is 15.7 Å². The fourth-order valence-electron chi connectivity index (χ4n) is 2.97. The average molecular weight is 427 g/mol. The normalized spacial score (nSPS) is 10.6. The van der Waals surface area contributed by atoms with Crippen LogP contribution in [0.1, 0.15) is 17.0 Å². The van der Waals surface area contributed by atoms with E-state index in [1.807, 2.05) is 48.9 Å². The molecular weight excluding hydrogens is 403 g/mol. The standard InChI is InChI=1S/C22H23FN4O2S/c1-15-18(16(2)27(26-15)17-8-4-3-5-9-17)12-24-21(28)13-30-14-22(29)25-20-11-7-6-10-19(20)23/h3-11H,12-14H2,1-2H3,(H,24,28)(H,25,29). The lowest BCUT2D eigenvalue weighted by molar-refractivity contribution is -0.118. The molecule has 0 saturated carbocycles. The third-order valence-electron chi connectivity index (χ3n) is 4.52. The molecule has 3 aromatic rings. The van der Waals surface area contributed by atoms with Gasteiger partial charge in [0.05, 0.1) is 28.6 Å². The molecule has 1 aromatic heterocycles. The molecule has 0 fully saturated rings. The van der Waals surface area contributed by atoms with Crippen LogP contribution in [0.5, 0.6) is 0 Å². The molecule has 6 nitrogen and oxygen atoms in total. The molecule has 3 rings (SSSR count). The number of hydrogen-bond donors (Lipinski definition) is 2. The Hall–Kier alpha value is -3.13. The number of aromatic nitrogens is 2. The van der Waals surface area contributed by atoms with Gasteiger partial charge >= 0.3 is 0 Å². The van der Waals surface area contributed by atoms with E-state index in [0.717, 1.165) is 22.6 Å². The topological polar surface area (TPSA) is 76.0 Å². The van der Waals surface area contributed by atoms with Gasteiger partial charge in [0.15, 0.2) is 0 Å². The minimum Gasteiger partial charge on any atom is -0.351 e. The van der Waals surface area contributed by atoms with Gasteiger partial charge in [-0.15, -0.1) is 11.8 Å². The molecule has 0 saturated heterocycles. The number of carbonyl (C=O) groups is 2. The van der Waals surface area contributed by atoms with Crippen LogP contribution in [0.4, 0.5) is 10.1 Å². The number of para-hydroxylation sites is 2.